The molecule has 1 unspecified atom stereocenters. The fourth-order valence-corrected chi connectivity index (χ4v) is 20.9. The standard InChI is InChI=1S/2C27H33N2O.3C26H31N2O/c2*1-15(2)21-13-24(29(8)14-22(21)16(3)4)25-18(7)9-10-19-20-11-12-23(17(5)6)28-27(20)30-26(19)25;3*1-8-18-10-12-20-19-11-9-17(6)24(25(19)29-26(20)27-18)23-13-21(15(2)3)22(16(4)5)14-28(23)7/h2*9-17H,1-8H3;3*9-16H,8H2,1-7H3/q5*+1/i15D;;2D3,4D3,5D3,15D,16D;15D;. The Hall–Kier alpha value is -13.4. The number of fused-ring (bicyclic) bond motifs is 15. The van der Waals surface area contributed by atoms with E-state index in [0.29, 0.717) is 87.7 Å². The largest absolute Gasteiger partial charge is 0.437 e. The molecule has 15 heterocycles. The van der Waals surface area contributed by atoms with Crippen LogP contribution in [0.15, 0.2) is 205 Å². The maximum atomic E-state index is 8.87. The van der Waals surface area contributed by atoms with E-state index in [9.17, 15) is 0 Å². The van der Waals surface area contributed by atoms with Crippen molar-refractivity contribution in [3.8, 4) is 56.3 Å². The number of rotatable bonds is 20. The third-order valence-corrected chi connectivity index (χ3v) is 29.4. The SMILES string of the molecule is CCc1ccc2c(n1)oc1c(-c3cc(C(C)C)c(C(C)C)c[n+]3C)c(C)ccc12.Cc1ccc2c(oc3nc(C(C)C)ccc32)c1-c1cc(C(C)C)c(C(C)C)c[n+]1C.[2H]C(C)(C)c1cc(-c2c(C)ccc3c2oc2nc(C(C)C)ccc23)[n+](C)cc1C(C)C.[2H]C(C)(C)c1cc(-c2c(C)ccc3c2oc2nc(CC)ccc23)[n+](C)cc1C(C)C.[2H]C([2H])([2H])C([2H])(C)c1cc(-c2c(C)ccc3c2oc2nc(CC)ccc23)[n+](C)cc1C([2H])(C([2H])([2H])[2H])C([2H])([2H])[2H]. The summed E-state index contributed by atoms with van der Waals surface area (Å²) in [7, 11) is 9.99. The van der Waals surface area contributed by atoms with Gasteiger partial charge in [-0.3, -0.25) is 0 Å². The Morgan fingerprint density at radius 1 is 0.231 bits per heavy atom. The zero-order valence-electron chi connectivity index (χ0n) is 106. The summed E-state index contributed by atoms with van der Waals surface area (Å²) < 4.78 is 150. The molecule has 20 rings (SSSR count). The molecule has 0 fully saturated rings. The average molecular weight is 1980 g/mol. The molecule has 0 aliphatic carbocycles. The number of aryl methyl sites for hydroxylation is 13. The van der Waals surface area contributed by atoms with Crippen LogP contribution in [0.25, 0.3) is 167 Å². The topological polar surface area (TPSA) is 150 Å². The zero-order valence-corrected chi connectivity index (χ0v) is 93.1. The monoisotopic (exact) mass is 1980 g/mol. The van der Waals surface area contributed by atoms with Gasteiger partial charge < -0.3 is 22.1 Å². The van der Waals surface area contributed by atoms with Gasteiger partial charge >= 0.3 is 0 Å². The minimum atomic E-state index is -3.37. The molecule has 0 radical (unpaired) electrons. The second kappa shape index (κ2) is 43.2. The van der Waals surface area contributed by atoms with Crippen LogP contribution in [0.3, 0.4) is 0 Å². The molecular weight excluding hydrogens is 1810 g/mol. The molecule has 15 aromatic heterocycles. The van der Waals surface area contributed by atoms with E-state index >= 15 is 0 Å². The normalized spacial score (nSPS) is 14.3. The number of furan rings is 5. The first-order valence-electron chi connectivity index (χ1n) is 59.1. The highest BCUT2D eigenvalue weighted by Crippen LogP contribution is 2.47. The van der Waals surface area contributed by atoms with Gasteiger partial charge in [-0.1, -0.05) is 247 Å². The second-order valence-electron chi connectivity index (χ2n) is 43.4. The highest BCUT2D eigenvalue weighted by atomic mass is 16.4. The third-order valence-electron chi connectivity index (χ3n) is 29.4. The van der Waals surface area contributed by atoms with E-state index in [1.165, 1.54) is 72.1 Å². The second-order valence-corrected chi connectivity index (χ2v) is 43.4. The molecule has 0 saturated carbocycles. The van der Waals surface area contributed by atoms with Crippen molar-refractivity contribution in [2.24, 2.45) is 35.2 Å². The Kier molecular flexibility index (Phi) is 26.4. The van der Waals surface area contributed by atoms with Crippen molar-refractivity contribution in [2.45, 2.75) is 312 Å². The molecule has 0 N–H and O–H groups in total. The summed E-state index contributed by atoms with van der Waals surface area (Å²) in [5.41, 5.74) is 36.9. The van der Waals surface area contributed by atoms with Crippen molar-refractivity contribution in [1.29, 1.82) is 0 Å². The fraction of sp³-hybridized carbons (Fsp3) is 0.394. The molecule has 0 aliphatic heterocycles. The van der Waals surface area contributed by atoms with Gasteiger partial charge in [-0.25, -0.2) is 47.8 Å². The van der Waals surface area contributed by atoms with Crippen LogP contribution in [-0.4, -0.2) is 24.9 Å². The molecule has 20 aromatic rings. The molecule has 1 atom stereocenters. The number of pyridine rings is 10. The van der Waals surface area contributed by atoms with Crippen molar-refractivity contribution < 1.29 is 62.7 Å². The summed E-state index contributed by atoms with van der Waals surface area (Å²) in [5, 5.41) is 10.2. The molecule has 762 valence electrons. The number of nitrogens with zero attached hydrogens (tertiary/aromatic N) is 10. The molecule has 0 bridgehead atoms. The Bertz CT molecular complexity index is 9030. The van der Waals surface area contributed by atoms with Crippen LogP contribution in [0.2, 0.25) is 0 Å². The third kappa shape index (κ3) is 20.7. The van der Waals surface area contributed by atoms with Gasteiger partial charge in [0.2, 0.25) is 57.0 Å². The van der Waals surface area contributed by atoms with Crippen LogP contribution >= 0.6 is 0 Å². The van der Waals surface area contributed by atoms with Gasteiger partial charge in [0, 0.05) is 158 Å². The lowest BCUT2D eigenvalue weighted by Gasteiger charge is -2.16. The quantitative estimate of drug-likeness (QED) is 0.0675. The lowest BCUT2D eigenvalue weighted by Crippen LogP contribution is -2.32. The zero-order chi connectivity index (χ0) is 117. The highest BCUT2D eigenvalue weighted by Gasteiger charge is 2.34. The van der Waals surface area contributed by atoms with Gasteiger partial charge in [0.15, 0.2) is 58.9 Å². The van der Waals surface area contributed by atoms with E-state index in [0.717, 1.165) is 198 Å². The maximum Gasteiger partial charge on any atom is 0.227 e. The van der Waals surface area contributed by atoms with Crippen molar-refractivity contribution in [1.82, 2.24) is 24.9 Å². The van der Waals surface area contributed by atoms with Gasteiger partial charge in [0.05, 0.1) is 27.8 Å². The average Bonchev–Trinajstić information content (AvgIpc) is 0.801. The Morgan fingerprint density at radius 2 is 0.435 bits per heavy atom. The summed E-state index contributed by atoms with van der Waals surface area (Å²) >= 11 is 0. The van der Waals surface area contributed by atoms with Crippen LogP contribution in [0.4, 0.5) is 0 Å². The fourth-order valence-electron chi connectivity index (χ4n) is 20.9. The first kappa shape index (κ1) is 90.0. The predicted molar refractivity (Wildman–Crippen MR) is 612 cm³/mol. The van der Waals surface area contributed by atoms with Crippen molar-refractivity contribution in [3.05, 3.63) is 295 Å². The summed E-state index contributed by atoms with van der Waals surface area (Å²) in [4.78, 5) is 23.6. The van der Waals surface area contributed by atoms with E-state index < -0.39 is 49.7 Å². The number of aromatic nitrogens is 10. The Morgan fingerprint density at radius 3 is 0.653 bits per heavy atom. The minimum Gasteiger partial charge on any atom is -0.437 e. The van der Waals surface area contributed by atoms with Crippen molar-refractivity contribution in [3.63, 3.8) is 0 Å². The van der Waals surface area contributed by atoms with Crippen LogP contribution in [-0.2, 0) is 54.5 Å². The first-order chi connectivity index (χ1) is 74.8. The highest BCUT2D eigenvalue weighted by molar-refractivity contribution is 6.13. The summed E-state index contributed by atoms with van der Waals surface area (Å²) in [5.74, 6) is -3.70. The van der Waals surface area contributed by atoms with Gasteiger partial charge in [-0.05, 0) is 241 Å². The van der Waals surface area contributed by atoms with Crippen LogP contribution in [0.5, 0.6) is 0 Å². The van der Waals surface area contributed by atoms with Crippen LogP contribution in [0.1, 0.15) is 387 Å². The predicted octanol–water partition coefficient (Wildman–Crippen LogP) is 34.1. The van der Waals surface area contributed by atoms with E-state index in [1.807, 2.05) is 65.8 Å². The smallest absolute Gasteiger partial charge is 0.227 e. The van der Waals surface area contributed by atoms with Crippen molar-refractivity contribution >= 4 is 110 Å². The molecule has 0 aliphatic rings. The van der Waals surface area contributed by atoms with Crippen LogP contribution in [0, 0.1) is 34.6 Å². The minimum absolute atomic E-state index is 0.349. The van der Waals surface area contributed by atoms with Gasteiger partial charge in [0.25, 0.3) is 0 Å². The molecule has 15 heteroatoms. The van der Waals surface area contributed by atoms with Gasteiger partial charge in [-0.2, -0.15) is 0 Å². The molecule has 15 nitrogen and oxygen atoms in total. The Balaban J connectivity index is 0.000000141. The van der Waals surface area contributed by atoms with Gasteiger partial charge in [0.1, 0.15) is 35.2 Å². The molecule has 147 heavy (non-hydrogen) atoms. The number of benzene rings is 5. The molecule has 0 saturated heterocycles. The molecule has 0 spiro atoms. The summed E-state index contributed by atoms with van der Waals surface area (Å²) in [6, 6.07) is 52.2. The number of hydrogen-bond acceptors (Lipinski definition) is 10. The molecule has 5 aromatic carbocycles. The Labute approximate surface area is 890 Å². The van der Waals surface area contributed by atoms with Gasteiger partial charge in [-0.15, -0.1) is 0 Å². The lowest BCUT2D eigenvalue weighted by molar-refractivity contribution is -0.661. The first-order valence-corrected chi connectivity index (χ1v) is 52.6. The van der Waals surface area contributed by atoms with E-state index in [-0.39, 0.29) is 5.56 Å². The lowest BCUT2D eigenvalue weighted by atomic mass is 9.90. The summed E-state index contributed by atoms with van der Waals surface area (Å²) in [6.07, 6.45) is 12.6. The summed E-state index contributed by atoms with van der Waals surface area (Å²) in [6.45, 7) is 51.3. The molecule has 0 amide bonds. The molecular formula is C132H159N10O5+5. The van der Waals surface area contributed by atoms with Crippen LogP contribution < -0.4 is 22.8 Å². The maximum absolute atomic E-state index is 8.87. The van der Waals surface area contributed by atoms with E-state index in [2.05, 4.69) is 350 Å². The van der Waals surface area contributed by atoms with Crippen molar-refractivity contribution in [2.75, 3.05) is 0 Å². The van der Waals surface area contributed by atoms with E-state index in [1.54, 1.807) is 7.05 Å². The number of hydrogen-bond donors (Lipinski definition) is 0. The van der Waals surface area contributed by atoms with E-state index in [4.69, 9.17) is 59.8 Å².